The number of morpholine rings is 1. The topological polar surface area (TPSA) is 88.9 Å². The van der Waals surface area contributed by atoms with Crippen molar-refractivity contribution in [3.63, 3.8) is 0 Å². The minimum atomic E-state index is -3.05. The van der Waals surface area contributed by atoms with Gasteiger partial charge in [-0.15, -0.1) is 0 Å². The molecule has 2 aliphatic heterocycles. The molecule has 2 saturated heterocycles. The fourth-order valence-electron chi connectivity index (χ4n) is 3.27. The molecule has 7 nitrogen and oxygen atoms in total. The smallest absolute Gasteiger partial charge is 0.224 e. The van der Waals surface area contributed by atoms with Crippen molar-refractivity contribution in [1.82, 2.24) is 10.2 Å². The summed E-state index contributed by atoms with van der Waals surface area (Å²) in [7, 11) is -3.05. The van der Waals surface area contributed by atoms with Gasteiger partial charge >= 0.3 is 0 Å². The number of aryl methyl sites for hydroxylation is 1. The van der Waals surface area contributed by atoms with Gasteiger partial charge in [0.15, 0.2) is 9.84 Å². The first-order valence-corrected chi connectivity index (χ1v) is 10.1. The Morgan fingerprint density at radius 1 is 1.38 bits per heavy atom. The van der Waals surface area contributed by atoms with Gasteiger partial charge in [-0.2, -0.15) is 0 Å². The van der Waals surface area contributed by atoms with Crippen molar-refractivity contribution in [3.05, 3.63) is 23.7 Å². The van der Waals surface area contributed by atoms with E-state index >= 15 is 0 Å². The van der Waals surface area contributed by atoms with E-state index in [2.05, 4.69) is 10.2 Å². The zero-order valence-electron chi connectivity index (χ0n) is 13.9. The molecule has 0 aliphatic carbocycles. The van der Waals surface area contributed by atoms with E-state index in [1.807, 2.05) is 19.1 Å². The second kappa shape index (κ2) is 7.25. The average Bonchev–Trinajstić information content (AvgIpc) is 3.14. The highest BCUT2D eigenvalue weighted by atomic mass is 32.2. The van der Waals surface area contributed by atoms with Gasteiger partial charge in [-0.05, 0) is 25.5 Å². The Hall–Kier alpha value is -1.38. The average molecular weight is 356 g/mol. The zero-order chi connectivity index (χ0) is 17.2. The number of ether oxygens (including phenoxy) is 1. The van der Waals surface area contributed by atoms with E-state index < -0.39 is 15.8 Å². The third kappa shape index (κ3) is 4.17. The molecule has 0 radical (unpaired) electrons. The Labute approximate surface area is 142 Å². The molecule has 1 aromatic heterocycles. The lowest BCUT2D eigenvalue weighted by Crippen LogP contribution is -2.44. The molecule has 24 heavy (non-hydrogen) atoms. The molecule has 1 amide bonds. The van der Waals surface area contributed by atoms with Gasteiger partial charge in [0.05, 0.1) is 36.7 Å². The van der Waals surface area contributed by atoms with Crippen LogP contribution in [0.15, 0.2) is 16.5 Å². The standard InChI is InChI=1S/C16H24N2O5S/c1-12-2-3-15(23-12)14(18-5-7-22-8-6-18)10-17-16(19)13-4-9-24(20,21)11-13/h2-3,13-14H,4-11H2,1H3,(H,17,19). The summed E-state index contributed by atoms with van der Waals surface area (Å²) >= 11 is 0. The Morgan fingerprint density at radius 2 is 2.12 bits per heavy atom. The first-order chi connectivity index (χ1) is 11.4. The molecule has 2 aliphatic rings. The van der Waals surface area contributed by atoms with Crippen molar-refractivity contribution in [2.24, 2.45) is 5.92 Å². The normalized spacial score (nSPS) is 25.5. The lowest BCUT2D eigenvalue weighted by atomic mass is 10.1. The first-order valence-electron chi connectivity index (χ1n) is 8.31. The second-order valence-electron chi connectivity index (χ2n) is 6.46. The van der Waals surface area contributed by atoms with Crippen LogP contribution in [-0.2, 0) is 19.4 Å². The van der Waals surface area contributed by atoms with Crippen molar-refractivity contribution < 1.29 is 22.4 Å². The number of carbonyl (C=O) groups excluding carboxylic acids is 1. The number of nitrogens with one attached hydrogen (secondary N) is 1. The molecule has 3 heterocycles. The summed E-state index contributed by atoms with van der Waals surface area (Å²) in [6, 6.07) is 3.78. The van der Waals surface area contributed by atoms with Gasteiger partial charge in [0.25, 0.3) is 0 Å². The summed E-state index contributed by atoms with van der Waals surface area (Å²) in [6.07, 6.45) is 0.413. The van der Waals surface area contributed by atoms with Crippen LogP contribution in [0.2, 0.25) is 0 Å². The van der Waals surface area contributed by atoms with Gasteiger partial charge in [-0.3, -0.25) is 9.69 Å². The molecule has 134 valence electrons. The maximum atomic E-state index is 12.3. The fourth-order valence-corrected chi connectivity index (χ4v) is 5.02. The van der Waals surface area contributed by atoms with Crippen LogP contribution < -0.4 is 5.32 Å². The van der Waals surface area contributed by atoms with Crippen molar-refractivity contribution >= 4 is 15.7 Å². The maximum Gasteiger partial charge on any atom is 0.224 e. The molecule has 2 fully saturated rings. The van der Waals surface area contributed by atoms with Crippen molar-refractivity contribution in [2.45, 2.75) is 19.4 Å². The molecule has 1 N–H and O–H groups in total. The van der Waals surface area contributed by atoms with Crippen LogP contribution in [0, 0.1) is 12.8 Å². The molecule has 0 aromatic carbocycles. The Bertz CT molecular complexity index is 678. The van der Waals surface area contributed by atoms with Crippen LogP contribution in [0.4, 0.5) is 0 Å². The summed E-state index contributed by atoms with van der Waals surface area (Å²) in [5.41, 5.74) is 0. The first kappa shape index (κ1) is 17.4. The van der Waals surface area contributed by atoms with Gasteiger partial charge in [0.2, 0.25) is 5.91 Å². The Balaban J connectivity index is 1.64. The van der Waals surface area contributed by atoms with E-state index in [1.54, 1.807) is 0 Å². The summed E-state index contributed by atoms with van der Waals surface area (Å²) in [4.78, 5) is 14.5. The van der Waals surface area contributed by atoms with Crippen LogP contribution in [0.25, 0.3) is 0 Å². The predicted octanol–water partition coefficient (Wildman–Crippen LogP) is 0.512. The molecule has 0 bridgehead atoms. The maximum absolute atomic E-state index is 12.3. The van der Waals surface area contributed by atoms with E-state index in [4.69, 9.17) is 9.15 Å². The molecular formula is C16H24N2O5S. The summed E-state index contributed by atoms with van der Waals surface area (Å²) in [5, 5.41) is 2.92. The van der Waals surface area contributed by atoms with Crippen molar-refractivity contribution in [2.75, 3.05) is 44.4 Å². The molecular weight excluding hydrogens is 332 g/mol. The monoisotopic (exact) mass is 356 g/mol. The number of carbonyl (C=O) groups is 1. The minimum Gasteiger partial charge on any atom is -0.465 e. The lowest BCUT2D eigenvalue weighted by molar-refractivity contribution is -0.124. The molecule has 3 rings (SSSR count). The largest absolute Gasteiger partial charge is 0.465 e. The number of sulfone groups is 1. The number of hydrogen-bond donors (Lipinski definition) is 1. The quantitative estimate of drug-likeness (QED) is 0.827. The number of amides is 1. The highest BCUT2D eigenvalue weighted by molar-refractivity contribution is 7.91. The molecule has 2 atom stereocenters. The van der Waals surface area contributed by atoms with Gasteiger partial charge in [0, 0.05) is 19.6 Å². The van der Waals surface area contributed by atoms with Crippen molar-refractivity contribution in [3.8, 4) is 0 Å². The zero-order valence-corrected chi connectivity index (χ0v) is 14.7. The van der Waals surface area contributed by atoms with E-state index in [0.29, 0.717) is 26.2 Å². The summed E-state index contributed by atoms with van der Waals surface area (Å²) in [5.74, 6) is 1.09. The van der Waals surface area contributed by atoms with Gasteiger partial charge in [-0.1, -0.05) is 0 Å². The molecule has 0 saturated carbocycles. The van der Waals surface area contributed by atoms with Crippen LogP contribution in [-0.4, -0.2) is 63.6 Å². The highest BCUT2D eigenvalue weighted by Crippen LogP contribution is 2.24. The van der Waals surface area contributed by atoms with E-state index in [9.17, 15) is 13.2 Å². The predicted molar refractivity (Wildman–Crippen MR) is 88.3 cm³/mol. The third-order valence-corrected chi connectivity index (χ3v) is 6.42. The highest BCUT2D eigenvalue weighted by Gasteiger charge is 2.34. The van der Waals surface area contributed by atoms with Crippen LogP contribution in [0.3, 0.4) is 0 Å². The Kier molecular flexibility index (Phi) is 5.27. The SMILES string of the molecule is Cc1ccc(C(CNC(=O)C2CCS(=O)(=O)C2)N2CCOCC2)o1. The Morgan fingerprint density at radius 3 is 2.71 bits per heavy atom. The number of furan rings is 1. The van der Waals surface area contributed by atoms with E-state index in [0.717, 1.165) is 24.6 Å². The molecule has 8 heteroatoms. The van der Waals surface area contributed by atoms with Crippen LogP contribution in [0.1, 0.15) is 24.0 Å². The van der Waals surface area contributed by atoms with E-state index in [-0.39, 0.29) is 23.5 Å². The molecule has 1 aromatic rings. The third-order valence-electron chi connectivity index (χ3n) is 4.65. The van der Waals surface area contributed by atoms with Crippen LogP contribution >= 0.6 is 0 Å². The minimum absolute atomic E-state index is 0.0408. The second-order valence-corrected chi connectivity index (χ2v) is 8.69. The number of hydrogen-bond acceptors (Lipinski definition) is 6. The molecule has 0 spiro atoms. The lowest BCUT2D eigenvalue weighted by Gasteiger charge is -2.33. The van der Waals surface area contributed by atoms with Gasteiger partial charge in [-0.25, -0.2) is 8.42 Å². The van der Waals surface area contributed by atoms with E-state index in [1.165, 1.54) is 0 Å². The van der Waals surface area contributed by atoms with Crippen molar-refractivity contribution in [1.29, 1.82) is 0 Å². The number of rotatable bonds is 5. The fraction of sp³-hybridized carbons (Fsp3) is 0.688. The molecule has 2 unspecified atom stereocenters. The summed E-state index contributed by atoms with van der Waals surface area (Å²) < 4.78 is 34.2. The van der Waals surface area contributed by atoms with Crippen LogP contribution in [0.5, 0.6) is 0 Å². The number of nitrogens with zero attached hydrogens (tertiary/aromatic N) is 1. The summed E-state index contributed by atoms with van der Waals surface area (Å²) in [6.45, 7) is 5.16. The van der Waals surface area contributed by atoms with Gasteiger partial charge < -0.3 is 14.5 Å². The van der Waals surface area contributed by atoms with Gasteiger partial charge in [0.1, 0.15) is 11.5 Å².